The number of carbonyl (C=O) groups excluding carboxylic acids is 1. The number of hydrogen-bond acceptors (Lipinski definition) is 5. The van der Waals surface area contributed by atoms with Crippen molar-refractivity contribution in [1.82, 2.24) is 5.32 Å². The van der Waals surface area contributed by atoms with Crippen molar-refractivity contribution in [2.75, 3.05) is 6.61 Å². The van der Waals surface area contributed by atoms with Crippen LogP contribution < -0.4 is 5.32 Å². The number of aliphatic hydroxyl groups excluding tert-OH is 4. The summed E-state index contributed by atoms with van der Waals surface area (Å²) in [5, 5.41) is 43.8. The summed E-state index contributed by atoms with van der Waals surface area (Å²) in [5.74, 6) is -0.606. The standard InChI is InChI=1S/C58H109NO5/c1-3-5-7-9-11-13-15-17-19-21-22-23-24-25-26-27-28-29-30-31-32-33-34-35-36-38-39-41-43-45-47-49-51-55(61)57(63)54(53-60)59-58(64)56(62)52-50-48-46-44-42-40-37-20-18-16-14-12-10-8-6-4-2/h12,14,18,20,36,38,43,45,54-57,60-63H,3-11,13,15-17,19,21-35,37,39-42,44,46-53H2,1-2H3,(H,59,64)/b14-12-,20-18-,38-36+,45-43+. The van der Waals surface area contributed by atoms with E-state index in [0.717, 1.165) is 57.8 Å². The van der Waals surface area contributed by atoms with E-state index >= 15 is 0 Å². The molecule has 0 rings (SSSR count). The molecule has 0 aliphatic carbocycles. The van der Waals surface area contributed by atoms with Gasteiger partial charge in [0.25, 0.3) is 0 Å². The topological polar surface area (TPSA) is 110 Å². The molecule has 0 aliphatic rings. The maximum Gasteiger partial charge on any atom is 0.249 e. The summed E-state index contributed by atoms with van der Waals surface area (Å²) >= 11 is 0. The van der Waals surface area contributed by atoms with Crippen LogP contribution >= 0.6 is 0 Å². The molecule has 0 aromatic carbocycles. The summed E-state index contributed by atoms with van der Waals surface area (Å²) in [6, 6.07) is -1.02. The van der Waals surface area contributed by atoms with Crippen molar-refractivity contribution in [2.45, 2.75) is 308 Å². The number of aliphatic hydroxyl groups is 4. The summed E-state index contributed by atoms with van der Waals surface area (Å²) in [7, 11) is 0. The largest absolute Gasteiger partial charge is 0.394 e. The highest BCUT2D eigenvalue weighted by Gasteiger charge is 2.28. The van der Waals surface area contributed by atoms with Crippen molar-refractivity contribution in [3.63, 3.8) is 0 Å². The molecule has 0 aliphatic heterocycles. The maximum atomic E-state index is 12.5. The third kappa shape index (κ3) is 45.4. The zero-order valence-corrected chi connectivity index (χ0v) is 42.5. The van der Waals surface area contributed by atoms with Gasteiger partial charge < -0.3 is 25.7 Å². The van der Waals surface area contributed by atoms with Gasteiger partial charge in [-0.3, -0.25) is 4.79 Å². The van der Waals surface area contributed by atoms with Crippen LogP contribution in [-0.4, -0.2) is 57.3 Å². The summed E-state index contributed by atoms with van der Waals surface area (Å²) < 4.78 is 0. The Morgan fingerprint density at radius 3 is 1.11 bits per heavy atom. The lowest BCUT2D eigenvalue weighted by atomic mass is 10.00. The molecule has 6 nitrogen and oxygen atoms in total. The van der Waals surface area contributed by atoms with Crippen molar-refractivity contribution in [1.29, 1.82) is 0 Å². The molecule has 0 heterocycles. The zero-order chi connectivity index (χ0) is 46.7. The number of allylic oxidation sites excluding steroid dienone is 8. The van der Waals surface area contributed by atoms with Crippen LogP contribution in [0.3, 0.4) is 0 Å². The number of nitrogens with one attached hydrogen (secondary N) is 1. The Morgan fingerprint density at radius 1 is 0.391 bits per heavy atom. The molecule has 4 unspecified atom stereocenters. The molecule has 5 N–H and O–H groups in total. The Morgan fingerprint density at radius 2 is 0.703 bits per heavy atom. The quantitative estimate of drug-likeness (QED) is 0.0309. The van der Waals surface area contributed by atoms with Gasteiger partial charge in [0.05, 0.1) is 18.8 Å². The monoisotopic (exact) mass is 900 g/mol. The van der Waals surface area contributed by atoms with Gasteiger partial charge in [0, 0.05) is 0 Å². The molecular formula is C58H109NO5. The maximum absolute atomic E-state index is 12.5. The third-order valence-corrected chi connectivity index (χ3v) is 13.0. The molecule has 4 atom stereocenters. The van der Waals surface area contributed by atoms with E-state index < -0.39 is 36.9 Å². The highest BCUT2D eigenvalue weighted by Crippen LogP contribution is 2.17. The molecule has 0 radical (unpaired) electrons. The number of carbonyl (C=O) groups is 1. The van der Waals surface area contributed by atoms with Gasteiger partial charge in [0.2, 0.25) is 5.91 Å². The van der Waals surface area contributed by atoms with Crippen LogP contribution in [0.1, 0.15) is 284 Å². The van der Waals surface area contributed by atoms with Crippen LogP contribution in [0.2, 0.25) is 0 Å². The second-order valence-corrected chi connectivity index (χ2v) is 19.3. The normalized spacial score (nSPS) is 14.2. The fourth-order valence-electron chi connectivity index (χ4n) is 8.57. The molecule has 0 saturated carbocycles. The first-order valence-electron chi connectivity index (χ1n) is 28.0. The Labute approximate surface area is 398 Å². The van der Waals surface area contributed by atoms with E-state index in [9.17, 15) is 25.2 Å². The number of hydrogen-bond donors (Lipinski definition) is 5. The molecular weight excluding hydrogens is 791 g/mol. The van der Waals surface area contributed by atoms with Crippen LogP contribution in [0, 0.1) is 0 Å². The fourth-order valence-corrected chi connectivity index (χ4v) is 8.57. The van der Waals surface area contributed by atoms with E-state index in [-0.39, 0.29) is 0 Å². The van der Waals surface area contributed by atoms with Crippen LogP contribution in [0.4, 0.5) is 0 Å². The second-order valence-electron chi connectivity index (χ2n) is 19.3. The predicted molar refractivity (Wildman–Crippen MR) is 279 cm³/mol. The van der Waals surface area contributed by atoms with Gasteiger partial charge in [-0.1, -0.05) is 249 Å². The van der Waals surface area contributed by atoms with E-state index in [1.165, 1.54) is 193 Å². The first-order chi connectivity index (χ1) is 31.5. The molecule has 64 heavy (non-hydrogen) atoms. The first-order valence-corrected chi connectivity index (χ1v) is 28.0. The van der Waals surface area contributed by atoms with Crippen molar-refractivity contribution >= 4 is 5.91 Å². The Kier molecular flexibility index (Phi) is 50.8. The van der Waals surface area contributed by atoms with E-state index in [1.807, 2.05) is 0 Å². The van der Waals surface area contributed by atoms with Crippen molar-refractivity contribution in [2.24, 2.45) is 0 Å². The van der Waals surface area contributed by atoms with E-state index in [1.54, 1.807) is 0 Å². The average Bonchev–Trinajstić information content (AvgIpc) is 3.30. The van der Waals surface area contributed by atoms with Gasteiger partial charge in [-0.25, -0.2) is 0 Å². The molecule has 376 valence electrons. The van der Waals surface area contributed by atoms with Crippen LogP contribution in [-0.2, 0) is 4.79 Å². The lowest BCUT2D eigenvalue weighted by Gasteiger charge is -2.27. The molecule has 0 bridgehead atoms. The third-order valence-electron chi connectivity index (χ3n) is 13.0. The summed E-state index contributed by atoms with van der Waals surface area (Å²) in [6.07, 6.45) is 66.2. The summed E-state index contributed by atoms with van der Waals surface area (Å²) in [6.45, 7) is 4.03. The predicted octanol–water partition coefficient (Wildman–Crippen LogP) is 16.2. The number of unbranched alkanes of at least 4 members (excludes halogenated alkanes) is 34. The minimum atomic E-state index is -1.30. The van der Waals surface area contributed by atoms with Gasteiger partial charge in [0.1, 0.15) is 12.2 Å². The number of rotatable bonds is 51. The van der Waals surface area contributed by atoms with Crippen LogP contribution in [0.5, 0.6) is 0 Å². The molecule has 0 aromatic heterocycles. The van der Waals surface area contributed by atoms with Crippen LogP contribution in [0.15, 0.2) is 48.6 Å². The highest BCUT2D eigenvalue weighted by atomic mass is 16.3. The highest BCUT2D eigenvalue weighted by molar-refractivity contribution is 5.80. The first kappa shape index (κ1) is 62.3. The van der Waals surface area contributed by atoms with E-state index in [4.69, 9.17) is 0 Å². The lowest BCUT2D eigenvalue weighted by Crippen LogP contribution is -2.53. The summed E-state index contributed by atoms with van der Waals surface area (Å²) in [4.78, 5) is 12.5. The van der Waals surface area contributed by atoms with Gasteiger partial charge in [-0.05, 0) is 83.5 Å². The van der Waals surface area contributed by atoms with Crippen molar-refractivity contribution in [3.8, 4) is 0 Å². The average molecular weight is 901 g/mol. The zero-order valence-electron chi connectivity index (χ0n) is 42.5. The van der Waals surface area contributed by atoms with E-state index in [0.29, 0.717) is 19.3 Å². The molecule has 6 heteroatoms. The molecule has 0 fully saturated rings. The fraction of sp³-hybridized carbons (Fsp3) is 0.845. The lowest BCUT2D eigenvalue weighted by molar-refractivity contribution is -0.132. The molecule has 0 saturated heterocycles. The van der Waals surface area contributed by atoms with Crippen molar-refractivity contribution in [3.05, 3.63) is 48.6 Å². The Hall–Kier alpha value is -1.73. The Bertz CT molecular complexity index is 1060. The second kappa shape index (κ2) is 52.2. The van der Waals surface area contributed by atoms with Crippen molar-refractivity contribution < 1.29 is 25.2 Å². The minimum absolute atomic E-state index is 0.346. The Balaban J connectivity index is 3.66. The van der Waals surface area contributed by atoms with Gasteiger partial charge in [0.15, 0.2) is 0 Å². The SMILES string of the molecule is CCCCC/C=C\C/C=C\CCCCCCCCC(O)C(=O)NC(CO)C(O)C(O)CCC/C=C/CC/C=C/CCCCCCCCCCCCCCCCCCCCCCCCC. The number of amides is 1. The molecule has 1 amide bonds. The molecule has 0 aromatic rings. The van der Waals surface area contributed by atoms with Gasteiger partial charge in [-0.2, -0.15) is 0 Å². The summed E-state index contributed by atoms with van der Waals surface area (Å²) in [5.41, 5.74) is 0. The molecule has 0 spiro atoms. The van der Waals surface area contributed by atoms with Gasteiger partial charge >= 0.3 is 0 Å². The van der Waals surface area contributed by atoms with Gasteiger partial charge in [-0.15, -0.1) is 0 Å². The van der Waals surface area contributed by atoms with E-state index in [2.05, 4.69) is 67.8 Å². The smallest absolute Gasteiger partial charge is 0.249 e. The van der Waals surface area contributed by atoms with Crippen LogP contribution in [0.25, 0.3) is 0 Å². The minimum Gasteiger partial charge on any atom is -0.394 e.